The van der Waals surface area contributed by atoms with E-state index in [0.717, 1.165) is 33.6 Å². The molecule has 0 radical (unpaired) electrons. The van der Waals surface area contributed by atoms with E-state index in [1.54, 1.807) is 49.7 Å². The van der Waals surface area contributed by atoms with Gasteiger partial charge in [-0.1, -0.05) is 30.3 Å². The summed E-state index contributed by atoms with van der Waals surface area (Å²) in [5, 5.41) is 15.1. The van der Waals surface area contributed by atoms with E-state index in [2.05, 4.69) is 9.67 Å². The monoisotopic (exact) mass is 638 g/mol. The van der Waals surface area contributed by atoms with Crippen molar-refractivity contribution in [2.75, 3.05) is 7.11 Å². The molecule has 7 rings (SSSR count). The van der Waals surface area contributed by atoms with E-state index in [1.807, 2.05) is 80.6 Å². The zero-order valence-corrected chi connectivity index (χ0v) is 26.4. The van der Waals surface area contributed by atoms with Crippen LogP contribution in [0.15, 0.2) is 117 Å². The summed E-state index contributed by atoms with van der Waals surface area (Å²) in [6, 6.07) is 30.8. The minimum Gasteiger partial charge on any atom is -0.496 e. The standard InChI is InChI=1S/C38H30N4O6/c1-23-18-27(24(2)41(23)28-14-16-29(17-15-28)47-22-25-8-6-9-26(19-25)38(44)45)21-39-42-36(40-32-11-5-4-10-30(32)37(42)43)35-20-31-33(46-3)12-7-13-34(31)48-35/h4-21H,22H2,1-3H3,(H,44,45). The summed E-state index contributed by atoms with van der Waals surface area (Å²) in [5.74, 6) is 0.988. The Morgan fingerprint density at radius 2 is 1.73 bits per heavy atom. The summed E-state index contributed by atoms with van der Waals surface area (Å²) in [6.45, 7) is 4.23. The van der Waals surface area contributed by atoms with E-state index in [-0.39, 0.29) is 23.6 Å². The Morgan fingerprint density at radius 3 is 2.52 bits per heavy atom. The zero-order valence-electron chi connectivity index (χ0n) is 26.4. The van der Waals surface area contributed by atoms with Gasteiger partial charge in [-0.15, -0.1) is 0 Å². The lowest BCUT2D eigenvalue weighted by atomic mass is 10.1. The van der Waals surface area contributed by atoms with E-state index in [0.29, 0.717) is 33.7 Å². The first-order valence-electron chi connectivity index (χ1n) is 15.2. The fourth-order valence-electron chi connectivity index (χ4n) is 5.80. The zero-order chi connectivity index (χ0) is 33.4. The van der Waals surface area contributed by atoms with Crippen LogP contribution in [0.3, 0.4) is 0 Å². The fraction of sp³-hybridized carbons (Fsp3) is 0.105. The second-order valence-corrected chi connectivity index (χ2v) is 11.2. The van der Waals surface area contributed by atoms with Gasteiger partial charge in [0.25, 0.3) is 5.56 Å². The number of nitrogens with zero attached hydrogens (tertiary/aromatic N) is 4. The van der Waals surface area contributed by atoms with E-state index < -0.39 is 5.97 Å². The summed E-state index contributed by atoms with van der Waals surface area (Å²) >= 11 is 0. The molecule has 3 aromatic heterocycles. The van der Waals surface area contributed by atoms with Gasteiger partial charge in [0.2, 0.25) is 5.82 Å². The van der Waals surface area contributed by atoms with E-state index in [1.165, 1.54) is 4.68 Å². The van der Waals surface area contributed by atoms with Crippen LogP contribution in [0.25, 0.3) is 39.1 Å². The number of rotatable bonds is 9. The van der Waals surface area contributed by atoms with Gasteiger partial charge in [-0.3, -0.25) is 4.79 Å². The Balaban J connectivity index is 1.20. The molecule has 10 nitrogen and oxygen atoms in total. The molecule has 0 aliphatic carbocycles. The predicted molar refractivity (Wildman–Crippen MR) is 184 cm³/mol. The van der Waals surface area contributed by atoms with Gasteiger partial charge in [0.05, 0.1) is 35.2 Å². The van der Waals surface area contributed by atoms with Crippen LogP contribution in [0.2, 0.25) is 0 Å². The van der Waals surface area contributed by atoms with Gasteiger partial charge in [0.1, 0.15) is 23.7 Å². The highest BCUT2D eigenvalue weighted by Gasteiger charge is 2.18. The molecule has 238 valence electrons. The first-order chi connectivity index (χ1) is 23.3. The van der Waals surface area contributed by atoms with Crippen LogP contribution in [-0.2, 0) is 6.61 Å². The minimum absolute atomic E-state index is 0.220. The van der Waals surface area contributed by atoms with Crippen molar-refractivity contribution in [1.29, 1.82) is 0 Å². The van der Waals surface area contributed by atoms with Crippen LogP contribution in [0, 0.1) is 13.8 Å². The van der Waals surface area contributed by atoms with Crippen LogP contribution in [0.5, 0.6) is 11.5 Å². The fourth-order valence-corrected chi connectivity index (χ4v) is 5.80. The van der Waals surface area contributed by atoms with Gasteiger partial charge in [-0.25, -0.2) is 9.78 Å². The first-order valence-corrected chi connectivity index (χ1v) is 15.2. The second-order valence-electron chi connectivity index (χ2n) is 11.2. The second kappa shape index (κ2) is 12.4. The maximum absolute atomic E-state index is 13.8. The third-order valence-electron chi connectivity index (χ3n) is 8.17. The smallest absolute Gasteiger partial charge is 0.335 e. The van der Waals surface area contributed by atoms with E-state index in [9.17, 15) is 14.7 Å². The van der Waals surface area contributed by atoms with Crippen molar-refractivity contribution in [3.63, 3.8) is 0 Å². The Bertz CT molecular complexity index is 2420. The molecule has 0 amide bonds. The molecule has 0 fully saturated rings. The number of carboxylic acid groups (broad SMARTS) is 1. The quantitative estimate of drug-likeness (QED) is 0.164. The molecule has 7 aromatic rings. The molecule has 0 aliphatic heterocycles. The highest BCUT2D eigenvalue weighted by Crippen LogP contribution is 2.33. The third kappa shape index (κ3) is 5.60. The van der Waals surface area contributed by atoms with Gasteiger partial charge in [-0.2, -0.15) is 9.78 Å². The van der Waals surface area contributed by atoms with Crippen molar-refractivity contribution in [2.45, 2.75) is 20.5 Å². The molecule has 1 N–H and O–H groups in total. The van der Waals surface area contributed by atoms with Crippen LogP contribution in [0.1, 0.15) is 32.9 Å². The predicted octanol–water partition coefficient (Wildman–Crippen LogP) is 7.39. The number of aromatic carboxylic acids is 1. The summed E-state index contributed by atoms with van der Waals surface area (Å²) < 4.78 is 20.9. The lowest BCUT2D eigenvalue weighted by molar-refractivity contribution is 0.0696. The molecule has 3 heterocycles. The molecule has 0 bridgehead atoms. The van der Waals surface area contributed by atoms with Gasteiger partial charge in [0, 0.05) is 22.6 Å². The minimum atomic E-state index is -0.975. The number of carboxylic acids is 1. The number of hydrogen-bond acceptors (Lipinski definition) is 7. The summed E-state index contributed by atoms with van der Waals surface area (Å²) in [4.78, 5) is 29.9. The largest absolute Gasteiger partial charge is 0.496 e. The van der Waals surface area contributed by atoms with E-state index in [4.69, 9.17) is 18.9 Å². The number of para-hydroxylation sites is 1. The molecule has 0 unspecified atom stereocenters. The van der Waals surface area contributed by atoms with Crippen molar-refractivity contribution in [2.24, 2.45) is 5.10 Å². The SMILES string of the molecule is COc1cccc2oc(-c3nc4ccccc4c(=O)n3N=Cc3cc(C)n(-c4ccc(OCc5cccc(C(=O)O)c5)cc4)c3C)cc12. The van der Waals surface area contributed by atoms with Crippen LogP contribution in [-0.4, -0.2) is 38.6 Å². The van der Waals surface area contributed by atoms with E-state index >= 15 is 0 Å². The Kier molecular flexibility index (Phi) is 7.82. The molecule has 0 atom stereocenters. The maximum Gasteiger partial charge on any atom is 0.335 e. The normalized spacial score (nSPS) is 11.5. The number of fused-ring (bicyclic) bond motifs is 2. The summed E-state index contributed by atoms with van der Waals surface area (Å²) in [5.41, 5.74) is 5.45. The number of aryl methyl sites for hydroxylation is 1. The maximum atomic E-state index is 13.8. The molecule has 10 heteroatoms. The number of methoxy groups -OCH3 is 1. The van der Waals surface area contributed by atoms with Crippen LogP contribution >= 0.6 is 0 Å². The lowest BCUT2D eigenvalue weighted by Gasteiger charge is -2.12. The Morgan fingerprint density at radius 1 is 0.938 bits per heavy atom. The van der Waals surface area contributed by atoms with Gasteiger partial charge in [0.15, 0.2) is 5.76 Å². The number of carbonyl (C=O) groups is 1. The molecule has 0 saturated carbocycles. The van der Waals surface area contributed by atoms with Crippen molar-refractivity contribution in [1.82, 2.24) is 14.2 Å². The summed E-state index contributed by atoms with van der Waals surface area (Å²) in [6.07, 6.45) is 1.66. The molecule has 0 spiro atoms. The Hall–Kier alpha value is -6.42. The average molecular weight is 639 g/mol. The van der Waals surface area contributed by atoms with Gasteiger partial charge < -0.3 is 23.6 Å². The number of ether oxygens (including phenoxy) is 2. The molecular weight excluding hydrogens is 608 g/mol. The lowest BCUT2D eigenvalue weighted by Crippen LogP contribution is -2.20. The first kappa shape index (κ1) is 30.2. The summed E-state index contributed by atoms with van der Waals surface area (Å²) in [7, 11) is 1.60. The van der Waals surface area contributed by atoms with Crippen LogP contribution < -0.4 is 15.0 Å². The van der Waals surface area contributed by atoms with Gasteiger partial charge in [-0.05, 0) is 92.2 Å². The van der Waals surface area contributed by atoms with Crippen molar-refractivity contribution >= 4 is 34.1 Å². The molecule has 0 aliphatic rings. The topological polar surface area (TPSA) is 121 Å². The Labute approximate surface area is 274 Å². The molecule has 0 saturated heterocycles. The molecule has 48 heavy (non-hydrogen) atoms. The average Bonchev–Trinajstić information content (AvgIpc) is 3.67. The van der Waals surface area contributed by atoms with Crippen molar-refractivity contribution in [3.05, 3.63) is 142 Å². The number of benzene rings is 4. The van der Waals surface area contributed by atoms with Gasteiger partial charge >= 0.3 is 5.97 Å². The van der Waals surface area contributed by atoms with Crippen molar-refractivity contribution < 1.29 is 23.8 Å². The molecule has 4 aromatic carbocycles. The number of aromatic nitrogens is 3. The highest BCUT2D eigenvalue weighted by atomic mass is 16.5. The number of furan rings is 1. The van der Waals surface area contributed by atoms with Crippen molar-refractivity contribution in [3.8, 4) is 28.8 Å². The van der Waals surface area contributed by atoms with Crippen LogP contribution in [0.4, 0.5) is 0 Å². The highest BCUT2D eigenvalue weighted by molar-refractivity contribution is 5.89. The number of hydrogen-bond donors (Lipinski definition) is 1. The third-order valence-corrected chi connectivity index (χ3v) is 8.17. The molecular formula is C38H30N4O6.